The number of carbonyl (C=O) groups is 1. The largest absolute Gasteiger partial charge is 0.471 e. The number of rotatable bonds is 6. The van der Waals surface area contributed by atoms with Crippen LogP contribution < -0.4 is 26.4 Å². The van der Waals surface area contributed by atoms with Gasteiger partial charge in [0.1, 0.15) is 11.6 Å². The van der Waals surface area contributed by atoms with Gasteiger partial charge in [0, 0.05) is 67.7 Å². The lowest BCUT2D eigenvalue weighted by atomic mass is 10.0. The Kier molecular flexibility index (Phi) is 7.04. The molecule has 2 amide bonds. The molecule has 12 heteroatoms. The van der Waals surface area contributed by atoms with Crippen molar-refractivity contribution < 1.29 is 9.53 Å². The lowest BCUT2D eigenvalue weighted by Crippen LogP contribution is -2.59. The van der Waals surface area contributed by atoms with Gasteiger partial charge in [0.15, 0.2) is 6.23 Å². The smallest absolute Gasteiger partial charge is 0.317 e. The molecule has 3 heterocycles. The van der Waals surface area contributed by atoms with Gasteiger partial charge in [-0.3, -0.25) is 16.1 Å². The normalized spacial score (nSPS) is 16.7. The van der Waals surface area contributed by atoms with E-state index in [4.69, 9.17) is 44.8 Å². The highest BCUT2D eigenvalue weighted by atomic mass is 35.5. The fraction of sp³-hybridized carbons (Fsp3) is 0.308. The molecule has 1 aliphatic carbocycles. The van der Waals surface area contributed by atoms with Crippen molar-refractivity contribution in [2.75, 3.05) is 37.3 Å². The molecule has 10 nitrogen and oxygen atoms in total. The minimum absolute atomic E-state index is 0.0318. The Balaban J connectivity index is 1.30. The number of nitrogens with two attached hydrogens (primary N) is 2. The average Bonchev–Trinajstić information content (AvgIpc) is 3.68. The Morgan fingerprint density at radius 2 is 1.89 bits per heavy atom. The van der Waals surface area contributed by atoms with Gasteiger partial charge < -0.3 is 25.6 Å². The summed E-state index contributed by atoms with van der Waals surface area (Å²) in [5, 5.41) is 12.1. The molecule has 38 heavy (non-hydrogen) atoms. The number of carbonyl (C=O) groups excluding carboxylic acids is 1. The number of hydrogen-bond acceptors (Lipinski definition) is 8. The molecular formula is C26H28Cl2N8O2. The summed E-state index contributed by atoms with van der Waals surface area (Å²) in [5.41, 5.74) is 14.4. The van der Waals surface area contributed by atoms with E-state index in [0.717, 1.165) is 25.2 Å². The van der Waals surface area contributed by atoms with E-state index in [9.17, 15) is 4.79 Å². The van der Waals surface area contributed by atoms with Gasteiger partial charge in [0.05, 0.1) is 21.3 Å². The zero-order valence-electron chi connectivity index (χ0n) is 20.7. The molecule has 3 aromatic rings. The molecule has 1 saturated carbocycles. The second-order valence-corrected chi connectivity index (χ2v) is 10.3. The molecule has 1 saturated heterocycles. The quantitative estimate of drug-likeness (QED) is 0.206. The van der Waals surface area contributed by atoms with Crippen molar-refractivity contribution in [2.24, 2.45) is 5.73 Å². The van der Waals surface area contributed by atoms with Gasteiger partial charge in [0.25, 0.3) is 0 Å². The van der Waals surface area contributed by atoms with Crippen molar-refractivity contribution in [3.8, 4) is 5.75 Å². The standard InChI is InChI=1S/C26H28Cl2N8O2/c1-32-25(37)36-9-8-35(14-26(36)6-7-26)21-5-2-15(11-34-21)23(30)17-10-16(3-4-20(17)29)38-24(31)22-18(27)12-33-13-19(22)28/h2-5,10-13,24,30H,6-9,14,29,31H2,1H3,(H,32,37)/t24-/m0/s1. The summed E-state index contributed by atoms with van der Waals surface area (Å²) in [4.78, 5) is 24.9. The maximum absolute atomic E-state index is 12.2. The van der Waals surface area contributed by atoms with E-state index in [2.05, 4.69) is 20.2 Å². The van der Waals surface area contributed by atoms with Crippen LogP contribution in [0.5, 0.6) is 5.75 Å². The second kappa shape index (κ2) is 10.3. The minimum Gasteiger partial charge on any atom is -0.471 e. The van der Waals surface area contributed by atoms with Crippen molar-refractivity contribution in [1.29, 1.82) is 5.41 Å². The van der Waals surface area contributed by atoms with Crippen molar-refractivity contribution >= 4 is 46.4 Å². The van der Waals surface area contributed by atoms with Gasteiger partial charge in [-0.1, -0.05) is 23.2 Å². The molecule has 198 valence electrons. The van der Waals surface area contributed by atoms with Crippen LogP contribution in [0.25, 0.3) is 0 Å². The predicted octanol–water partition coefficient (Wildman–Crippen LogP) is 3.81. The molecule has 6 N–H and O–H groups in total. The molecule has 2 aliphatic rings. The molecule has 2 aromatic heterocycles. The number of ether oxygens (including phenoxy) is 1. The van der Waals surface area contributed by atoms with E-state index in [0.29, 0.717) is 51.3 Å². The maximum atomic E-state index is 12.2. The molecule has 0 radical (unpaired) electrons. The summed E-state index contributed by atoms with van der Waals surface area (Å²) in [7, 11) is 1.66. The Labute approximate surface area is 230 Å². The summed E-state index contributed by atoms with van der Waals surface area (Å²) in [6.45, 7) is 2.07. The Hall–Kier alpha value is -3.60. The third-order valence-electron chi connectivity index (χ3n) is 7.03. The van der Waals surface area contributed by atoms with E-state index in [1.54, 1.807) is 31.4 Å². The van der Waals surface area contributed by atoms with Gasteiger partial charge in [-0.05, 0) is 43.2 Å². The number of benzene rings is 1. The first-order valence-corrected chi connectivity index (χ1v) is 12.9. The van der Waals surface area contributed by atoms with Gasteiger partial charge in [-0.15, -0.1) is 0 Å². The summed E-state index contributed by atoms with van der Waals surface area (Å²) in [6, 6.07) is 8.70. The molecule has 1 atom stereocenters. The van der Waals surface area contributed by atoms with Crippen molar-refractivity contribution in [1.82, 2.24) is 20.2 Å². The van der Waals surface area contributed by atoms with Crippen molar-refractivity contribution in [3.63, 3.8) is 0 Å². The molecule has 0 unspecified atom stereocenters. The molecule has 1 aliphatic heterocycles. The van der Waals surface area contributed by atoms with Crippen molar-refractivity contribution in [2.45, 2.75) is 24.6 Å². The van der Waals surface area contributed by atoms with E-state index < -0.39 is 6.23 Å². The number of nitrogen functional groups attached to an aromatic ring is 1. The lowest BCUT2D eigenvalue weighted by molar-refractivity contribution is 0.158. The predicted molar refractivity (Wildman–Crippen MR) is 148 cm³/mol. The number of aromatic nitrogens is 2. The first-order chi connectivity index (χ1) is 18.2. The molecule has 5 rings (SSSR count). The molecule has 0 bridgehead atoms. The fourth-order valence-electron chi connectivity index (χ4n) is 4.80. The highest BCUT2D eigenvalue weighted by Gasteiger charge is 2.53. The number of pyridine rings is 2. The molecular weight excluding hydrogens is 527 g/mol. The number of urea groups is 1. The average molecular weight is 555 g/mol. The molecule has 1 aromatic carbocycles. The van der Waals surface area contributed by atoms with Crippen molar-refractivity contribution in [3.05, 3.63) is 75.7 Å². The highest BCUT2D eigenvalue weighted by molar-refractivity contribution is 6.35. The topological polar surface area (TPSA) is 146 Å². The molecule has 1 spiro atoms. The van der Waals surface area contributed by atoms with Crippen LogP contribution in [0.4, 0.5) is 16.3 Å². The second-order valence-electron chi connectivity index (χ2n) is 9.44. The maximum Gasteiger partial charge on any atom is 0.317 e. The van der Waals surface area contributed by atoms with Crippen LogP contribution in [0.2, 0.25) is 10.0 Å². The van der Waals surface area contributed by atoms with E-state index in [1.165, 1.54) is 12.4 Å². The summed E-state index contributed by atoms with van der Waals surface area (Å²) >= 11 is 12.4. The van der Waals surface area contributed by atoms with Crippen LogP contribution in [-0.4, -0.2) is 58.8 Å². The third-order valence-corrected chi connectivity index (χ3v) is 7.63. The van der Waals surface area contributed by atoms with E-state index in [1.807, 2.05) is 17.0 Å². The fourth-order valence-corrected chi connectivity index (χ4v) is 5.38. The summed E-state index contributed by atoms with van der Waals surface area (Å²) in [6.07, 6.45) is 5.58. The number of halogens is 2. The van der Waals surface area contributed by atoms with Crippen LogP contribution >= 0.6 is 23.2 Å². The molecule has 2 fully saturated rings. The summed E-state index contributed by atoms with van der Waals surface area (Å²) in [5.74, 6) is 1.22. The zero-order valence-corrected chi connectivity index (χ0v) is 22.3. The number of nitrogens with zero attached hydrogens (tertiary/aromatic N) is 4. The SMILES string of the molecule is CNC(=O)N1CCN(c2ccc(C(=N)c3cc(O[C@H](N)c4c(Cl)cncc4Cl)ccc3N)cn2)CC12CC2. The Morgan fingerprint density at radius 3 is 2.53 bits per heavy atom. The van der Waals surface area contributed by atoms with Gasteiger partial charge >= 0.3 is 6.03 Å². The van der Waals surface area contributed by atoms with Gasteiger partial charge in [-0.25, -0.2) is 9.78 Å². The number of amides is 2. The van der Waals surface area contributed by atoms with Crippen LogP contribution in [0, 0.1) is 5.41 Å². The Morgan fingerprint density at radius 1 is 1.16 bits per heavy atom. The Bertz CT molecular complexity index is 1360. The zero-order chi connectivity index (χ0) is 27.0. The van der Waals surface area contributed by atoms with Crippen LogP contribution in [0.3, 0.4) is 0 Å². The van der Waals surface area contributed by atoms with Gasteiger partial charge in [0.2, 0.25) is 0 Å². The monoisotopic (exact) mass is 554 g/mol. The first kappa shape index (κ1) is 26.0. The highest BCUT2D eigenvalue weighted by Crippen LogP contribution is 2.45. The third kappa shape index (κ3) is 4.94. The van der Waals surface area contributed by atoms with Crippen LogP contribution in [-0.2, 0) is 0 Å². The van der Waals surface area contributed by atoms with Gasteiger partial charge in [-0.2, -0.15) is 0 Å². The lowest BCUT2D eigenvalue weighted by Gasteiger charge is -2.42. The van der Waals surface area contributed by atoms with Crippen LogP contribution in [0.1, 0.15) is 35.8 Å². The van der Waals surface area contributed by atoms with E-state index in [-0.39, 0.29) is 17.3 Å². The number of anilines is 2. The number of nitrogens with one attached hydrogen (secondary N) is 2. The number of hydrogen-bond donors (Lipinski definition) is 4. The van der Waals surface area contributed by atoms with Crippen LogP contribution in [0.15, 0.2) is 48.9 Å². The minimum atomic E-state index is -0.941. The number of piperazine rings is 1. The van der Waals surface area contributed by atoms with E-state index >= 15 is 0 Å². The summed E-state index contributed by atoms with van der Waals surface area (Å²) < 4.78 is 5.88. The first-order valence-electron chi connectivity index (χ1n) is 12.1.